The number of amides is 1. The third-order valence-electron chi connectivity index (χ3n) is 3.94. The van der Waals surface area contributed by atoms with Gasteiger partial charge in [-0.2, -0.15) is 0 Å². The average molecular weight is 512 g/mol. The van der Waals surface area contributed by atoms with Gasteiger partial charge in [0.25, 0.3) is 5.91 Å². The van der Waals surface area contributed by atoms with Crippen LogP contribution in [0.15, 0.2) is 47.5 Å². The molecule has 0 bridgehead atoms. The van der Waals surface area contributed by atoms with E-state index in [2.05, 4.69) is 20.9 Å². The highest BCUT2D eigenvalue weighted by Gasteiger charge is 2.07. The normalized spacial score (nSPS) is 10.6. The molecule has 8 heteroatoms. The fraction of sp³-hybridized carbons (Fsp3) is 0.333. The Bertz CT molecular complexity index is 827. The molecule has 0 saturated heterocycles. The number of hydrogen-bond donors (Lipinski definition) is 3. The number of aliphatic imine (C=N–C) groups is 1. The fourth-order valence-corrected chi connectivity index (χ4v) is 2.58. The van der Waals surface area contributed by atoms with Gasteiger partial charge in [0.2, 0.25) is 0 Å². The monoisotopic (exact) mass is 512 g/mol. The van der Waals surface area contributed by atoms with Crippen LogP contribution in [0.5, 0.6) is 11.5 Å². The summed E-state index contributed by atoms with van der Waals surface area (Å²) in [6, 6.07) is 13.0. The van der Waals surface area contributed by atoms with Crippen molar-refractivity contribution in [1.29, 1.82) is 0 Å². The van der Waals surface area contributed by atoms with Gasteiger partial charge in [0.15, 0.2) is 17.5 Å². The smallest absolute Gasteiger partial charge is 0.251 e. The zero-order valence-corrected chi connectivity index (χ0v) is 19.6. The molecule has 0 saturated carbocycles. The summed E-state index contributed by atoms with van der Waals surface area (Å²) in [5.74, 6) is 1.82. The number of ether oxygens (including phenoxy) is 2. The molecule has 7 nitrogen and oxygen atoms in total. The first-order chi connectivity index (χ1) is 13.6. The number of benzene rings is 2. The SMILES string of the molecule is CCNC(=NCCNC(=O)c1cccc(C)c1)Nc1ccc(OC)c(OC)c1.I. The van der Waals surface area contributed by atoms with Crippen molar-refractivity contribution < 1.29 is 14.3 Å². The zero-order valence-electron chi connectivity index (χ0n) is 17.2. The molecule has 0 unspecified atom stereocenters. The van der Waals surface area contributed by atoms with Gasteiger partial charge < -0.3 is 25.4 Å². The first-order valence-electron chi connectivity index (χ1n) is 9.19. The minimum absolute atomic E-state index is 0. The molecule has 0 fully saturated rings. The number of hydrogen-bond acceptors (Lipinski definition) is 4. The molecule has 0 radical (unpaired) electrons. The maximum Gasteiger partial charge on any atom is 0.251 e. The second-order valence-electron chi connectivity index (χ2n) is 6.08. The van der Waals surface area contributed by atoms with Crippen LogP contribution in [0.2, 0.25) is 0 Å². The Balaban J connectivity index is 0.00000420. The summed E-state index contributed by atoms with van der Waals surface area (Å²) < 4.78 is 10.6. The molecule has 0 spiro atoms. The molecular weight excluding hydrogens is 483 g/mol. The minimum atomic E-state index is -0.100. The maximum atomic E-state index is 12.2. The van der Waals surface area contributed by atoms with Gasteiger partial charge in [0.1, 0.15) is 0 Å². The van der Waals surface area contributed by atoms with E-state index < -0.39 is 0 Å². The summed E-state index contributed by atoms with van der Waals surface area (Å²) in [5, 5.41) is 9.29. The molecule has 158 valence electrons. The van der Waals surface area contributed by atoms with Gasteiger partial charge in [-0.1, -0.05) is 17.7 Å². The number of nitrogens with one attached hydrogen (secondary N) is 3. The summed E-state index contributed by atoms with van der Waals surface area (Å²) in [7, 11) is 3.19. The van der Waals surface area contributed by atoms with Crippen molar-refractivity contribution in [2.24, 2.45) is 4.99 Å². The lowest BCUT2D eigenvalue weighted by Gasteiger charge is -2.14. The average Bonchev–Trinajstić information content (AvgIpc) is 2.71. The highest BCUT2D eigenvalue weighted by Crippen LogP contribution is 2.29. The summed E-state index contributed by atoms with van der Waals surface area (Å²) >= 11 is 0. The third kappa shape index (κ3) is 7.80. The van der Waals surface area contributed by atoms with E-state index in [0.29, 0.717) is 36.1 Å². The Morgan fingerprint density at radius 1 is 1.03 bits per heavy atom. The lowest BCUT2D eigenvalue weighted by atomic mass is 10.1. The molecule has 0 aliphatic rings. The zero-order chi connectivity index (χ0) is 20.4. The molecular formula is C21H29IN4O3. The number of rotatable bonds is 8. The molecule has 29 heavy (non-hydrogen) atoms. The Morgan fingerprint density at radius 3 is 2.45 bits per heavy atom. The standard InChI is InChI=1S/C21H28N4O3.HI/c1-5-22-21(25-17-9-10-18(27-3)19(14-17)28-4)24-12-11-23-20(26)16-8-6-7-15(2)13-16;/h6-10,13-14H,5,11-12H2,1-4H3,(H,23,26)(H2,22,24,25);1H. The van der Waals surface area contributed by atoms with E-state index in [4.69, 9.17) is 9.47 Å². The van der Waals surface area contributed by atoms with Crippen molar-refractivity contribution in [2.45, 2.75) is 13.8 Å². The van der Waals surface area contributed by atoms with E-state index in [0.717, 1.165) is 17.8 Å². The summed E-state index contributed by atoms with van der Waals surface area (Å²) in [4.78, 5) is 16.7. The molecule has 2 aromatic rings. The van der Waals surface area contributed by atoms with Gasteiger partial charge in [-0.3, -0.25) is 9.79 Å². The first kappa shape index (κ1) is 24.5. The number of carbonyl (C=O) groups excluding carboxylic acids is 1. The molecule has 0 aromatic heterocycles. The third-order valence-corrected chi connectivity index (χ3v) is 3.94. The summed E-state index contributed by atoms with van der Waals surface area (Å²) in [5.41, 5.74) is 2.53. The van der Waals surface area contributed by atoms with Crippen molar-refractivity contribution >= 4 is 41.5 Å². The number of halogens is 1. The van der Waals surface area contributed by atoms with Crippen LogP contribution in [0.3, 0.4) is 0 Å². The van der Waals surface area contributed by atoms with Gasteiger partial charge in [-0.25, -0.2) is 0 Å². The molecule has 0 aliphatic carbocycles. The van der Waals surface area contributed by atoms with Crippen LogP contribution in [0.1, 0.15) is 22.8 Å². The summed E-state index contributed by atoms with van der Waals surface area (Å²) in [6.07, 6.45) is 0. The van der Waals surface area contributed by atoms with Gasteiger partial charge in [-0.05, 0) is 38.1 Å². The second-order valence-corrected chi connectivity index (χ2v) is 6.08. The van der Waals surface area contributed by atoms with Gasteiger partial charge >= 0.3 is 0 Å². The molecule has 2 aromatic carbocycles. The Labute approximate surface area is 189 Å². The van der Waals surface area contributed by atoms with Crippen LogP contribution in [0.4, 0.5) is 5.69 Å². The predicted molar refractivity (Wildman–Crippen MR) is 128 cm³/mol. The number of carbonyl (C=O) groups is 1. The Kier molecular flexibility index (Phi) is 10.9. The lowest BCUT2D eigenvalue weighted by molar-refractivity contribution is 0.0954. The van der Waals surface area contributed by atoms with Crippen LogP contribution in [-0.4, -0.2) is 45.7 Å². The number of methoxy groups -OCH3 is 2. The highest BCUT2D eigenvalue weighted by molar-refractivity contribution is 14.0. The van der Waals surface area contributed by atoms with E-state index in [-0.39, 0.29) is 29.9 Å². The molecule has 0 heterocycles. The molecule has 1 amide bonds. The largest absolute Gasteiger partial charge is 0.493 e. The fourth-order valence-electron chi connectivity index (χ4n) is 2.58. The van der Waals surface area contributed by atoms with Crippen molar-refractivity contribution in [3.63, 3.8) is 0 Å². The number of guanidine groups is 1. The number of aryl methyl sites for hydroxylation is 1. The summed E-state index contributed by atoms with van der Waals surface area (Å²) in [6.45, 7) is 5.55. The topological polar surface area (TPSA) is 84.0 Å². The first-order valence-corrected chi connectivity index (χ1v) is 9.19. The quantitative estimate of drug-likeness (QED) is 0.219. The van der Waals surface area contributed by atoms with Crippen molar-refractivity contribution in [2.75, 3.05) is 39.2 Å². The molecule has 2 rings (SSSR count). The Morgan fingerprint density at radius 2 is 1.79 bits per heavy atom. The van der Waals surface area contributed by atoms with Crippen molar-refractivity contribution in [1.82, 2.24) is 10.6 Å². The van der Waals surface area contributed by atoms with Crippen LogP contribution in [0, 0.1) is 6.92 Å². The van der Waals surface area contributed by atoms with E-state index in [9.17, 15) is 4.79 Å². The lowest BCUT2D eigenvalue weighted by Crippen LogP contribution is -2.32. The van der Waals surface area contributed by atoms with Crippen molar-refractivity contribution in [3.05, 3.63) is 53.6 Å². The Hall–Kier alpha value is -2.49. The van der Waals surface area contributed by atoms with Gasteiger partial charge in [0.05, 0.1) is 20.8 Å². The van der Waals surface area contributed by atoms with Crippen LogP contribution in [0.25, 0.3) is 0 Å². The van der Waals surface area contributed by atoms with Gasteiger partial charge in [-0.15, -0.1) is 24.0 Å². The second kappa shape index (κ2) is 12.9. The molecule has 3 N–H and O–H groups in total. The van der Waals surface area contributed by atoms with Crippen LogP contribution in [-0.2, 0) is 0 Å². The van der Waals surface area contributed by atoms with Crippen LogP contribution < -0.4 is 25.4 Å². The van der Waals surface area contributed by atoms with E-state index in [1.165, 1.54) is 0 Å². The van der Waals surface area contributed by atoms with E-state index in [1.54, 1.807) is 20.3 Å². The van der Waals surface area contributed by atoms with E-state index in [1.807, 2.05) is 50.2 Å². The predicted octanol–water partition coefficient (Wildman–Crippen LogP) is 3.44. The van der Waals surface area contributed by atoms with Crippen molar-refractivity contribution in [3.8, 4) is 11.5 Å². The maximum absolute atomic E-state index is 12.2. The molecule has 0 aliphatic heterocycles. The number of anilines is 1. The van der Waals surface area contributed by atoms with E-state index >= 15 is 0 Å². The molecule has 0 atom stereocenters. The highest BCUT2D eigenvalue weighted by atomic mass is 127. The minimum Gasteiger partial charge on any atom is -0.493 e. The van der Waals surface area contributed by atoms with Gasteiger partial charge in [0, 0.05) is 30.4 Å². The van der Waals surface area contributed by atoms with Crippen LogP contribution >= 0.6 is 24.0 Å². The number of nitrogens with zero attached hydrogens (tertiary/aromatic N) is 1.